The van der Waals surface area contributed by atoms with Crippen LogP contribution in [0.3, 0.4) is 0 Å². The molecule has 0 aromatic heterocycles. The number of amides is 1. The van der Waals surface area contributed by atoms with Gasteiger partial charge in [-0.1, -0.05) is 12.1 Å². The SMILES string of the molecule is COc1ccc(OCCN(Cc2cccc([N+](=O)[O-])c2)C(=O)OC(C)(C)C)cc1. The van der Waals surface area contributed by atoms with Crippen LogP contribution in [-0.4, -0.2) is 41.8 Å². The zero-order chi connectivity index (χ0) is 21.4. The molecule has 2 aromatic carbocycles. The molecule has 0 radical (unpaired) electrons. The molecule has 156 valence electrons. The average Bonchev–Trinajstić information content (AvgIpc) is 2.66. The smallest absolute Gasteiger partial charge is 0.410 e. The third kappa shape index (κ3) is 7.33. The number of nitro groups is 1. The third-order valence-corrected chi connectivity index (χ3v) is 3.84. The lowest BCUT2D eigenvalue weighted by atomic mass is 10.2. The van der Waals surface area contributed by atoms with Crippen molar-refractivity contribution in [1.29, 1.82) is 0 Å². The van der Waals surface area contributed by atoms with E-state index in [1.807, 2.05) is 0 Å². The Balaban J connectivity index is 2.06. The molecule has 0 saturated carbocycles. The van der Waals surface area contributed by atoms with E-state index in [2.05, 4.69) is 0 Å². The van der Waals surface area contributed by atoms with Crippen molar-refractivity contribution < 1.29 is 23.9 Å². The molecule has 0 saturated heterocycles. The number of nitro benzene ring substituents is 1. The van der Waals surface area contributed by atoms with Crippen LogP contribution in [-0.2, 0) is 11.3 Å². The van der Waals surface area contributed by atoms with Gasteiger partial charge in [-0.3, -0.25) is 10.1 Å². The van der Waals surface area contributed by atoms with Gasteiger partial charge in [0.15, 0.2) is 0 Å². The van der Waals surface area contributed by atoms with Gasteiger partial charge in [0.2, 0.25) is 0 Å². The molecule has 0 unspecified atom stereocenters. The summed E-state index contributed by atoms with van der Waals surface area (Å²) in [4.78, 5) is 24.6. The van der Waals surface area contributed by atoms with Crippen LogP contribution in [0.1, 0.15) is 26.3 Å². The van der Waals surface area contributed by atoms with E-state index < -0.39 is 16.6 Å². The lowest BCUT2D eigenvalue weighted by Gasteiger charge is -2.27. The highest BCUT2D eigenvalue weighted by Crippen LogP contribution is 2.19. The first-order valence-electron chi connectivity index (χ1n) is 9.16. The van der Waals surface area contributed by atoms with Crippen molar-refractivity contribution in [3.8, 4) is 11.5 Å². The number of carbonyl (C=O) groups is 1. The minimum atomic E-state index is -0.658. The Bertz CT molecular complexity index is 830. The number of hydrogen-bond acceptors (Lipinski definition) is 6. The summed E-state index contributed by atoms with van der Waals surface area (Å²) in [7, 11) is 1.59. The highest BCUT2D eigenvalue weighted by molar-refractivity contribution is 5.68. The Kier molecular flexibility index (Phi) is 7.41. The molecule has 29 heavy (non-hydrogen) atoms. The van der Waals surface area contributed by atoms with Crippen LogP contribution in [0.2, 0.25) is 0 Å². The lowest BCUT2D eigenvalue weighted by Crippen LogP contribution is -2.38. The molecule has 0 spiro atoms. The number of ether oxygens (including phenoxy) is 3. The molecule has 0 fully saturated rings. The maximum atomic E-state index is 12.6. The standard InChI is InChI=1S/C21H26N2O6/c1-21(2,3)29-20(24)22(15-16-6-5-7-17(14-16)23(25)26)12-13-28-19-10-8-18(27-4)9-11-19/h5-11,14H,12-13,15H2,1-4H3. The molecule has 2 rings (SSSR count). The van der Waals surface area contributed by atoms with E-state index >= 15 is 0 Å². The minimum Gasteiger partial charge on any atom is -0.497 e. The molecule has 0 aliphatic carbocycles. The van der Waals surface area contributed by atoms with Crippen LogP contribution in [0.4, 0.5) is 10.5 Å². The first kappa shape index (κ1) is 22.0. The van der Waals surface area contributed by atoms with Crippen LogP contribution in [0, 0.1) is 10.1 Å². The monoisotopic (exact) mass is 402 g/mol. The Labute approximate surface area is 170 Å². The van der Waals surface area contributed by atoms with Gasteiger partial charge < -0.3 is 19.1 Å². The number of non-ortho nitro benzene ring substituents is 1. The summed E-state index contributed by atoms with van der Waals surface area (Å²) in [6, 6.07) is 13.3. The first-order valence-corrected chi connectivity index (χ1v) is 9.16. The fourth-order valence-electron chi connectivity index (χ4n) is 2.50. The second-order valence-corrected chi connectivity index (χ2v) is 7.35. The zero-order valence-corrected chi connectivity index (χ0v) is 17.1. The van der Waals surface area contributed by atoms with Gasteiger partial charge in [-0.05, 0) is 50.6 Å². The molecular weight excluding hydrogens is 376 g/mol. The van der Waals surface area contributed by atoms with Gasteiger partial charge in [-0.15, -0.1) is 0 Å². The average molecular weight is 402 g/mol. The number of methoxy groups -OCH3 is 1. The van der Waals surface area contributed by atoms with Crippen LogP contribution in [0.25, 0.3) is 0 Å². The van der Waals surface area contributed by atoms with Crippen LogP contribution < -0.4 is 9.47 Å². The van der Waals surface area contributed by atoms with Gasteiger partial charge in [0.05, 0.1) is 18.6 Å². The largest absolute Gasteiger partial charge is 0.497 e. The molecule has 8 heteroatoms. The van der Waals surface area contributed by atoms with Crippen molar-refractivity contribution in [3.05, 3.63) is 64.2 Å². The first-order chi connectivity index (χ1) is 13.7. The Morgan fingerprint density at radius 1 is 1.10 bits per heavy atom. The third-order valence-electron chi connectivity index (χ3n) is 3.84. The Morgan fingerprint density at radius 3 is 2.34 bits per heavy atom. The molecule has 0 atom stereocenters. The second-order valence-electron chi connectivity index (χ2n) is 7.35. The number of carbonyl (C=O) groups excluding carboxylic acids is 1. The van der Waals surface area contributed by atoms with Gasteiger partial charge in [-0.2, -0.15) is 0 Å². The summed E-state index contributed by atoms with van der Waals surface area (Å²) in [5.74, 6) is 1.36. The second kappa shape index (κ2) is 9.77. The number of nitrogens with zero attached hydrogens (tertiary/aromatic N) is 2. The summed E-state index contributed by atoms with van der Waals surface area (Å²) < 4.78 is 16.3. The van der Waals surface area contributed by atoms with Crippen LogP contribution in [0.5, 0.6) is 11.5 Å². The van der Waals surface area contributed by atoms with Gasteiger partial charge >= 0.3 is 6.09 Å². The highest BCUT2D eigenvalue weighted by atomic mass is 16.6. The minimum absolute atomic E-state index is 0.0267. The number of hydrogen-bond donors (Lipinski definition) is 0. The van der Waals surface area contributed by atoms with Crippen molar-refractivity contribution in [3.63, 3.8) is 0 Å². The van der Waals surface area contributed by atoms with E-state index in [-0.39, 0.29) is 25.4 Å². The molecule has 8 nitrogen and oxygen atoms in total. The van der Waals surface area contributed by atoms with E-state index in [1.54, 1.807) is 64.3 Å². The van der Waals surface area contributed by atoms with Gasteiger partial charge in [0.1, 0.15) is 23.7 Å². The van der Waals surface area contributed by atoms with Crippen molar-refractivity contribution in [2.45, 2.75) is 32.9 Å². The van der Waals surface area contributed by atoms with E-state index in [9.17, 15) is 14.9 Å². The molecule has 0 bridgehead atoms. The predicted octanol–water partition coefficient (Wildman–Crippen LogP) is 4.42. The van der Waals surface area contributed by atoms with Crippen LogP contribution >= 0.6 is 0 Å². The summed E-state index contributed by atoms with van der Waals surface area (Å²) in [5, 5.41) is 11.0. The molecule has 0 heterocycles. The lowest BCUT2D eigenvalue weighted by molar-refractivity contribution is -0.384. The number of benzene rings is 2. The van der Waals surface area contributed by atoms with Gasteiger partial charge in [0.25, 0.3) is 5.69 Å². The molecule has 2 aromatic rings. The van der Waals surface area contributed by atoms with Crippen molar-refractivity contribution >= 4 is 11.8 Å². The quantitative estimate of drug-likeness (QED) is 0.479. The molecule has 0 aliphatic rings. The molecular formula is C21H26N2O6. The summed E-state index contributed by atoms with van der Waals surface area (Å²) in [6.45, 7) is 6.01. The van der Waals surface area contributed by atoms with Crippen LogP contribution in [0.15, 0.2) is 48.5 Å². The van der Waals surface area contributed by atoms with E-state index in [0.29, 0.717) is 11.3 Å². The maximum Gasteiger partial charge on any atom is 0.410 e. The number of rotatable bonds is 8. The fraction of sp³-hybridized carbons (Fsp3) is 0.381. The Morgan fingerprint density at radius 2 is 1.76 bits per heavy atom. The molecule has 0 N–H and O–H groups in total. The maximum absolute atomic E-state index is 12.6. The topological polar surface area (TPSA) is 91.1 Å². The van der Waals surface area contributed by atoms with E-state index in [1.165, 1.54) is 17.0 Å². The highest BCUT2D eigenvalue weighted by Gasteiger charge is 2.23. The van der Waals surface area contributed by atoms with E-state index in [0.717, 1.165) is 5.75 Å². The summed E-state index contributed by atoms with van der Waals surface area (Å²) in [5.41, 5.74) is -0.0508. The Hall–Kier alpha value is -3.29. The normalized spacial score (nSPS) is 10.9. The van der Waals surface area contributed by atoms with Gasteiger partial charge in [0, 0.05) is 18.7 Å². The van der Waals surface area contributed by atoms with Gasteiger partial charge in [-0.25, -0.2) is 4.79 Å². The zero-order valence-electron chi connectivity index (χ0n) is 17.1. The van der Waals surface area contributed by atoms with E-state index in [4.69, 9.17) is 14.2 Å². The molecule has 1 amide bonds. The van der Waals surface area contributed by atoms with Crippen molar-refractivity contribution in [2.75, 3.05) is 20.3 Å². The summed E-state index contributed by atoms with van der Waals surface area (Å²) in [6.07, 6.45) is -0.512. The van der Waals surface area contributed by atoms with Crippen molar-refractivity contribution in [1.82, 2.24) is 4.90 Å². The van der Waals surface area contributed by atoms with Crippen molar-refractivity contribution in [2.24, 2.45) is 0 Å². The fourth-order valence-corrected chi connectivity index (χ4v) is 2.50. The predicted molar refractivity (Wildman–Crippen MR) is 108 cm³/mol. The molecule has 0 aliphatic heterocycles. The summed E-state index contributed by atoms with van der Waals surface area (Å²) >= 11 is 0.